The molecule has 0 bridgehead atoms. The molecule has 3 heterocycles. The molecule has 0 atom stereocenters. The van der Waals surface area contributed by atoms with Crippen molar-refractivity contribution in [2.45, 2.75) is 13.5 Å². The number of halogens is 1. The largest absolute Gasteiger partial charge is 0.458 e. The standard InChI is InChI=1S/C19H15FN4O3S/c1-10(25)21-8-11-5-6-17(27-11)16-9-28-19(23-16)24-18(26)15-7-12-13(20)3-2-4-14(12)22-15/h2-7,9,22H,8H2,1H3,(H,21,25)(H,23,24,26). The molecule has 3 N–H and O–H groups in total. The van der Waals surface area contributed by atoms with Gasteiger partial charge in [-0.3, -0.25) is 14.9 Å². The number of carbonyl (C=O) groups is 2. The van der Waals surface area contributed by atoms with Gasteiger partial charge in [-0.1, -0.05) is 6.07 Å². The lowest BCUT2D eigenvalue weighted by Gasteiger charge is -1.98. The first-order valence-electron chi connectivity index (χ1n) is 8.37. The Bertz CT molecular complexity index is 1180. The van der Waals surface area contributed by atoms with Crippen LogP contribution in [-0.2, 0) is 11.3 Å². The number of anilines is 1. The number of aromatic amines is 1. The third kappa shape index (κ3) is 3.65. The number of furan rings is 1. The number of H-pyrrole nitrogens is 1. The zero-order valence-corrected chi connectivity index (χ0v) is 15.5. The minimum Gasteiger partial charge on any atom is -0.458 e. The molecule has 7 nitrogen and oxygen atoms in total. The van der Waals surface area contributed by atoms with Gasteiger partial charge >= 0.3 is 0 Å². The first-order valence-corrected chi connectivity index (χ1v) is 9.25. The Morgan fingerprint density at radius 2 is 2.14 bits per heavy atom. The van der Waals surface area contributed by atoms with Crippen molar-refractivity contribution in [2.75, 3.05) is 5.32 Å². The number of fused-ring (bicyclic) bond motifs is 1. The van der Waals surface area contributed by atoms with E-state index >= 15 is 0 Å². The van der Waals surface area contributed by atoms with Crippen molar-refractivity contribution in [3.8, 4) is 11.5 Å². The number of hydrogen-bond acceptors (Lipinski definition) is 5. The average molecular weight is 398 g/mol. The molecule has 2 amide bonds. The first-order chi connectivity index (χ1) is 13.5. The van der Waals surface area contributed by atoms with Crippen LogP contribution in [0.25, 0.3) is 22.4 Å². The van der Waals surface area contributed by atoms with Gasteiger partial charge in [-0.25, -0.2) is 9.37 Å². The molecule has 0 saturated heterocycles. The molecule has 0 aliphatic rings. The second kappa shape index (κ2) is 7.28. The zero-order chi connectivity index (χ0) is 19.7. The van der Waals surface area contributed by atoms with E-state index in [0.29, 0.717) is 39.8 Å². The molecule has 4 rings (SSSR count). The molecule has 9 heteroatoms. The number of rotatable bonds is 5. The minimum atomic E-state index is -0.415. The Hall–Kier alpha value is -3.46. The monoisotopic (exact) mass is 398 g/mol. The van der Waals surface area contributed by atoms with Gasteiger partial charge in [0.2, 0.25) is 5.91 Å². The molecule has 1 aromatic carbocycles. The first kappa shape index (κ1) is 17.9. The van der Waals surface area contributed by atoms with Gasteiger partial charge in [0.25, 0.3) is 5.91 Å². The fraction of sp³-hybridized carbons (Fsp3) is 0.105. The fourth-order valence-corrected chi connectivity index (χ4v) is 3.37. The summed E-state index contributed by atoms with van der Waals surface area (Å²) in [4.78, 5) is 30.6. The summed E-state index contributed by atoms with van der Waals surface area (Å²) in [6, 6.07) is 9.59. The van der Waals surface area contributed by atoms with Crippen molar-refractivity contribution < 1.29 is 18.4 Å². The van der Waals surface area contributed by atoms with E-state index in [1.165, 1.54) is 30.4 Å². The van der Waals surface area contributed by atoms with Gasteiger partial charge in [-0.2, -0.15) is 0 Å². The topological polar surface area (TPSA) is 100 Å². The van der Waals surface area contributed by atoms with Crippen LogP contribution < -0.4 is 10.6 Å². The molecule has 3 aromatic heterocycles. The molecule has 0 unspecified atom stereocenters. The van der Waals surface area contributed by atoms with E-state index in [9.17, 15) is 14.0 Å². The van der Waals surface area contributed by atoms with Crippen LogP contribution in [0.1, 0.15) is 23.2 Å². The van der Waals surface area contributed by atoms with Gasteiger partial charge in [0.05, 0.1) is 6.54 Å². The summed E-state index contributed by atoms with van der Waals surface area (Å²) in [7, 11) is 0. The van der Waals surface area contributed by atoms with Crippen LogP contribution in [0.4, 0.5) is 9.52 Å². The molecule has 4 aromatic rings. The van der Waals surface area contributed by atoms with E-state index in [4.69, 9.17) is 4.42 Å². The van der Waals surface area contributed by atoms with Crippen molar-refractivity contribution >= 4 is 39.2 Å². The Kier molecular flexibility index (Phi) is 4.66. The zero-order valence-electron chi connectivity index (χ0n) is 14.7. The summed E-state index contributed by atoms with van der Waals surface area (Å²) in [6.45, 7) is 1.72. The third-order valence-electron chi connectivity index (χ3n) is 4.01. The average Bonchev–Trinajstić information content (AvgIpc) is 3.39. The highest BCUT2D eigenvalue weighted by Gasteiger charge is 2.15. The SMILES string of the molecule is CC(=O)NCc1ccc(-c2csc(NC(=O)c3cc4c(F)cccc4[nH]3)n2)o1. The lowest BCUT2D eigenvalue weighted by atomic mass is 10.2. The Balaban J connectivity index is 1.47. The van der Waals surface area contributed by atoms with Crippen molar-refractivity contribution in [3.63, 3.8) is 0 Å². The second-order valence-corrected chi connectivity index (χ2v) is 6.91. The molecule has 142 valence electrons. The molecular formula is C19H15FN4O3S. The Labute approximate surface area is 162 Å². The summed E-state index contributed by atoms with van der Waals surface area (Å²) in [6.07, 6.45) is 0. The lowest BCUT2D eigenvalue weighted by Crippen LogP contribution is -2.18. The van der Waals surface area contributed by atoms with Crippen LogP contribution in [0.2, 0.25) is 0 Å². The van der Waals surface area contributed by atoms with Gasteiger partial charge in [0.15, 0.2) is 10.9 Å². The predicted octanol–water partition coefficient (Wildman–Crippen LogP) is 3.91. The fourth-order valence-electron chi connectivity index (χ4n) is 2.67. The van der Waals surface area contributed by atoms with Crippen LogP contribution in [0.3, 0.4) is 0 Å². The molecule has 0 fully saturated rings. The van der Waals surface area contributed by atoms with E-state index in [1.54, 1.807) is 29.6 Å². The quantitative estimate of drug-likeness (QED) is 0.474. The van der Waals surface area contributed by atoms with E-state index in [0.717, 1.165) is 0 Å². The summed E-state index contributed by atoms with van der Waals surface area (Å²) < 4.78 is 19.4. The molecule has 0 radical (unpaired) electrons. The van der Waals surface area contributed by atoms with Crippen LogP contribution in [0.15, 0.2) is 46.2 Å². The molecule has 0 spiro atoms. The van der Waals surface area contributed by atoms with Crippen LogP contribution in [-0.4, -0.2) is 21.8 Å². The van der Waals surface area contributed by atoms with Crippen molar-refractivity contribution in [3.05, 3.63) is 59.0 Å². The normalized spacial score (nSPS) is 10.9. The van der Waals surface area contributed by atoms with Crippen LogP contribution >= 0.6 is 11.3 Å². The van der Waals surface area contributed by atoms with Crippen molar-refractivity contribution in [1.29, 1.82) is 0 Å². The Morgan fingerprint density at radius 3 is 2.93 bits per heavy atom. The highest BCUT2D eigenvalue weighted by Crippen LogP contribution is 2.27. The Morgan fingerprint density at radius 1 is 1.29 bits per heavy atom. The van der Waals surface area contributed by atoms with Gasteiger partial charge in [0, 0.05) is 23.2 Å². The van der Waals surface area contributed by atoms with Crippen LogP contribution in [0.5, 0.6) is 0 Å². The van der Waals surface area contributed by atoms with Crippen LogP contribution in [0, 0.1) is 5.82 Å². The lowest BCUT2D eigenvalue weighted by molar-refractivity contribution is -0.119. The molecule has 0 aliphatic heterocycles. The van der Waals surface area contributed by atoms with E-state index < -0.39 is 11.7 Å². The van der Waals surface area contributed by atoms with Crippen molar-refractivity contribution in [1.82, 2.24) is 15.3 Å². The highest BCUT2D eigenvalue weighted by molar-refractivity contribution is 7.14. The van der Waals surface area contributed by atoms with Gasteiger partial charge in [-0.15, -0.1) is 11.3 Å². The number of aromatic nitrogens is 2. The molecule has 0 saturated carbocycles. The number of amides is 2. The summed E-state index contributed by atoms with van der Waals surface area (Å²) in [5, 5.41) is 7.84. The molecule has 0 aliphatic carbocycles. The van der Waals surface area contributed by atoms with Gasteiger partial charge < -0.3 is 14.7 Å². The maximum Gasteiger partial charge on any atom is 0.273 e. The smallest absolute Gasteiger partial charge is 0.273 e. The number of nitrogens with zero attached hydrogens (tertiary/aromatic N) is 1. The van der Waals surface area contributed by atoms with Gasteiger partial charge in [0.1, 0.15) is 23.0 Å². The summed E-state index contributed by atoms with van der Waals surface area (Å²) >= 11 is 1.24. The minimum absolute atomic E-state index is 0.145. The summed E-state index contributed by atoms with van der Waals surface area (Å²) in [5.74, 6) is 0.182. The number of thiazole rings is 1. The molecule has 28 heavy (non-hydrogen) atoms. The highest BCUT2D eigenvalue weighted by atomic mass is 32.1. The maximum atomic E-state index is 13.8. The van der Waals surface area contributed by atoms with E-state index in [-0.39, 0.29) is 11.6 Å². The second-order valence-electron chi connectivity index (χ2n) is 6.05. The summed E-state index contributed by atoms with van der Waals surface area (Å²) in [5.41, 5.74) is 1.36. The van der Waals surface area contributed by atoms with E-state index in [2.05, 4.69) is 20.6 Å². The van der Waals surface area contributed by atoms with E-state index in [1.807, 2.05) is 0 Å². The molecular weight excluding hydrogens is 383 g/mol. The van der Waals surface area contributed by atoms with Crippen molar-refractivity contribution in [2.24, 2.45) is 0 Å². The van der Waals surface area contributed by atoms with Gasteiger partial charge in [-0.05, 0) is 30.3 Å². The number of carbonyl (C=O) groups excluding carboxylic acids is 2. The number of benzene rings is 1. The predicted molar refractivity (Wildman–Crippen MR) is 104 cm³/mol. The number of nitrogens with one attached hydrogen (secondary N) is 3. The third-order valence-corrected chi connectivity index (χ3v) is 4.76. The maximum absolute atomic E-state index is 13.8. The number of hydrogen-bond donors (Lipinski definition) is 3.